The van der Waals surface area contributed by atoms with Gasteiger partial charge in [-0.1, -0.05) is 30.3 Å². The van der Waals surface area contributed by atoms with Crippen LogP contribution in [0.25, 0.3) is 33.3 Å². The lowest BCUT2D eigenvalue weighted by atomic mass is 10.1. The van der Waals surface area contributed by atoms with Crippen LogP contribution < -0.4 is 20.7 Å². The van der Waals surface area contributed by atoms with Gasteiger partial charge in [-0.3, -0.25) is 15.7 Å². The highest BCUT2D eigenvalue weighted by Gasteiger charge is 2.37. The third-order valence-corrected chi connectivity index (χ3v) is 6.11. The molecule has 1 aliphatic heterocycles. The van der Waals surface area contributed by atoms with Crippen molar-refractivity contribution >= 4 is 39.5 Å². The Kier molecular flexibility index (Phi) is 4.21. The molecule has 9 nitrogen and oxygen atoms in total. The number of hydrazine groups is 1. The van der Waals surface area contributed by atoms with Gasteiger partial charge in [-0.15, -0.1) is 0 Å². The summed E-state index contributed by atoms with van der Waals surface area (Å²) in [6, 6.07) is 16.2. The monoisotopic (exact) mass is 437 g/mol. The van der Waals surface area contributed by atoms with E-state index in [9.17, 15) is 0 Å². The van der Waals surface area contributed by atoms with E-state index >= 15 is 0 Å². The third-order valence-electron chi connectivity index (χ3n) is 6.11. The second-order valence-corrected chi connectivity index (χ2v) is 8.23. The highest BCUT2D eigenvalue weighted by atomic mass is 15.7. The Morgan fingerprint density at radius 2 is 1.82 bits per heavy atom. The largest absolute Gasteiger partial charge is 0.339 e. The predicted molar refractivity (Wildman–Crippen MR) is 131 cm³/mol. The predicted octanol–water partition coefficient (Wildman–Crippen LogP) is 3.43. The van der Waals surface area contributed by atoms with Crippen LogP contribution in [0.1, 0.15) is 5.69 Å². The topological polar surface area (TPSA) is 103 Å². The summed E-state index contributed by atoms with van der Waals surface area (Å²) in [5, 5.41) is 3.90. The summed E-state index contributed by atoms with van der Waals surface area (Å²) >= 11 is 0. The van der Waals surface area contributed by atoms with Crippen LogP contribution in [0.5, 0.6) is 0 Å². The fourth-order valence-corrected chi connectivity index (χ4v) is 4.35. The lowest BCUT2D eigenvalue weighted by molar-refractivity contribution is 0.619. The molecule has 0 amide bonds. The molecule has 0 fully saturated rings. The van der Waals surface area contributed by atoms with E-state index in [-0.39, 0.29) is 0 Å². The normalized spacial score (nSPS) is 15.5. The first-order chi connectivity index (χ1) is 16.0. The third kappa shape index (κ3) is 2.97. The number of anilines is 3. The minimum Gasteiger partial charge on any atom is -0.339 e. The highest BCUT2D eigenvalue weighted by Crippen LogP contribution is 2.42. The Bertz CT molecular complexity index is 1490. The molecule has 0 saturated heterocycles. The number of nitrogens with zero attached hydrogens (tertiary/aromatic N) is 7. The Balaban J connectivity index is 1.45. The van der Waals surface area contributed by atoms with Crippen molar-refractivity contribution in [3.8, 4) is 11.1 Å². The van der Waals surface area contributed by atoms with Gasteiger partial charge in [-0.05, 0) is 30.7 Å². The van der Waals surface area contributed by atoms with Crippen molar-refractivity contribution in [2.75, 3.05) is 29.0 Å². The summed E-state index contributed by atoms with van der Waals surface area (Å²) in [6.07, 6.45) is 3.19. The van der Waals surface area contributed by atoms with Gasteiger partial charge in [0.25, 0.3) is 0 Å². The number of nitrogens with two attached hydrogens (primary N) is 1. The number of hydrogen-bond donors (Lipinski definition) is 2. The van der Waals surface area contributed by atoms with Crippen LogP contribution in [0, 0.1) is 6.92 Å². The number of fused-ring (bicyclic) bond motifs is 4. The molecule has 0 aliphatic carbocycles. The maximum atomic E-state index is 6.64. The van der Waals surface area contributed by atoms with E-state index < -0.39 is 6.29 Å². The first kappa shape index (κ1) is 19.4. The van der Waals surface area contributed by atoms with Gasteiger partial charge in [0.05, 0.1) is 22.4 Å². The van der Waals surface area contributed by atoms with E-state index in [2.05, 4.69) is 33.2 Å². The van der Waals surface area contributed by atoms with E-state index in [1.807, 2.05) is 72.5 Å². The van der Waals surface area contributed by atoms with E-state index in [1.54, 1.807) is 6.20 Å². The van der Waals surface area contributed by atoms with Gasteiger partial charge in [0.1, 0.15) is 11.2 Å². The molecule has 164 valence electrons. The highest BCUT2D eigenvalue weighted by molar-refractivity contribution is 5.99. The molecule has 6 rings (SSSR count). The Hall–Kier alpha value is -4.24. The number of rotatable bonds is 3. The molecule has 9 heteroatoms. The molecule has 0 spiro atoms. The molecule has 33 heavy (non-hydrogen) atoms. The maximum Gasteiger partial charge on any atom is 0.224 e. The first-order valence-corrected chi connectivity index (χ1v) is 10.7. The molecule has 3 N–H and O–H groups in total. The number of imidazole rings is 1. The van der Waals surface area contributed by atoms with Crippen LogP contribution in [-0.2, 0) is 0 Å². The average Bonchev–Trinajstić information content (AvgIpc) is 3.38. The van der Waals surface area contributed by atoms with Crippen LogP contribution in [0.2, 0.25) is 0 Å². The molecule has 3 aromatic heterocycles. The summed E-state index contributed by atoms with van der Waals surface area (Å²) in [5.41, 5.74) is 14.6. The van der Waals surface area contributed by atoms with Gasteiger partial charge in [-0.2, -0.15) is 4.98 Å². The van der Waals surface area contributed by atoms with Crippen molar-refractivity contribution in [1.82, 2.24) is 24.9 Å². The van der Waals surface area contributed by atoms with E-state index in [1.165, 1.54) is 0 Å². The number of aryl methyl sites for hydroxylation is 1. The Morgan fingerprint density at radius 1 is 1.00 bits per heavy atom. The molecule has 1 aliphatic rings. The van der Waals surface area contributed by atoms with Crippen molar-refractivity contribution in [1.29, 1.82) is 0 Å². The van der Waals surface area contributed by atoms with Crippen molar-refractivity contribution in [3.05, 3.63) is 66.6 Å². The molecule has 2 aromatic carbocycles. The zero-order chi connectivity index (χ0) is 22.7. The molecule has 1 unspecified atom stereocenters. The lowest BCUT2D eigenvalue weighted by Gasteiger charge is -2.34. The van der Waals surface area contributed by atoms with E-state index in [4.69, 9.17) is 15.7 Å². The summed E-state index contributed by atoms with van der Waals surface area (Å²) < 4.78 is 0. The fourth-order valence-electron chi connectivity index (χ4n) is 4.35. The van der Waals surface area contributed by atoms with Gasteiger partial charge in [0.15, 0.2) is 11.9 Å². The zero-order valence-corrected chi connectivity index (χ0v) is 18.6. The summed E-state index contributed by atoms with van der Waals surface area (Å²) in [5.74, 6) is 0.636. The standard InChI is InChI=1S/C24H23N9/c1-14-12-26-17-9-10-19-21(20(17)28-14)33(23(25)31(19)2)32(3)24-29-18-11-16(13-27-22(18)30-24)15-7-5-4-6-8-15/h4-13,23H,25H2,1-3H3,(H,27,29,30). The second kappa shape index (κ2) is 7.14. The van der Waals surface area contributed by atoms with Crippen LogP contribution >= 0.6 is 0 Å². The van der Waals surface area contributed by atoms with Crippen LogP contribution in [-0.4, -0.2) is 45.3 Å². The van der Waals surface area contributed by atoms with Crippen LogP contribution in [0.3, 0.4) is 0 Å². The smallest absolute Gasteiger partial charge is 0.224 e. The number of nitrogens with one attached hydrogen (secondary N) is 1. The SMILES string of the molecule is Cc1cnc2ccc3c(c2n1)N(N(C)c1nc2ncc(-c4ccccc4)cc2[nH]1)C(N)N3C. The second-order valence-electron chi connectivity index (χ2n) is 8.23. The fraction of sp³-hybridized carbons (Fsp3) is 0.167. The molecule has 0 bridgehead atoms. The molecule has 1 atom stereocenters. The minimum absolute atomic E-state index is 0.432. The molecule has 0 radical (unpaired) electrons. The van der Waals surface area contributed by atoms with Gasteiger partial charge in [-0.25, -0.2) is 15.0 Å². The van der Waals surface area contributed by atoms with Gasteiger partial charge >= 0.3 is 0 Å². The molecule has 4 heterocycles. The first-order valence-electron chi connectivity index (χ1n) is 10.7. The van der Waals surface area contributed by atoms with Gasteiger partial charge < -0.3 is 9.88 Å². The Morgan fingerprint density at radius 3 is 2.64 bits per heavy atom. The maximum absolute atomic E-state index is 6.64. The quantitative estimate of drug-likeness (QED) is 0.443. The summed E-state index contributed by atoms with van der Waals surface area (Å²) in [4.78, 5) is 24.1. The van der Waals surface area contributed by atoms with E-state index in [0.717, 1.165) is 44.7 Å². The minimum atomic E-state index is -0.432. The van der Waals surface area contributed by atoms with Gasteiger partial charge in [0.2, 0.25) is 5.95 Å². The number of pyridine rings is 1. The van der Waals surface area contributed by atoms with E-state index in [0.29, 0.717) is 11.6 Å². The zero-order valence-electron chi connectivity index (χ0n) is 18.6. The molecule has 0 saturated carbocycles. The summed E-state index contributed by atoms with van der Waals surface area (Å²) in [6.45, 7) is 1.94. The van der Waals surface area contributed by atoms with Crippen molar-refractivity contribution in [3.63, 3.8) is 0 Å². The van der Waals surface area contributed by atoms with Crippen molar-refractivity contribution in [2.45, 2.75) is 13.2 Å². The molecular formula is C24H23N9. The number of aromatic amines is 1. The number of hydrogen-bond acceptors (Lipinski definition) is 8. The summed E-state index contributed by atoms with van der Waals surface area (Å²) in [7, 11) is 3.90. The lowest BCUT2D eigenvalue weighted by Crippen LogP contribution is -2.55. The van der Waals surface area contributed by atoms with Crippen LogP contribution in [0.4, 0.5) is 17.3 Å². The van der Waals surface area contributed by atoms with Crippen LogP contribution in [0.15, 0.2) is 60.9 Å². The number of H-pyrrole nitrogens is 1. The van der Waals surface area contributed by atoms with Crippen molar-refractivity contribution < 1.29 is 0 Å². The number of aromatic nitrogens is 5. The van der Waals surface area contributed by atoms with Crippen molar-refractivity contribution in [2.24, 2.45) is 5.73 Å². The van der Waals surface area contributed by atoms with Gasteiger partial charge in [0, 0.05) is 32.1 Å². The number of benzene rings is 2. The average molecular weight is 438 g/mol. The molecular weight excluding hydrogens is 414 g/mol. The Labute approximate surface area is 190 Å². The molecule has 5 aromatic rings.